The van der Waals surface area contributed by atoms with E-state index in [2.05, 4.69) is 15.1 Å². The van der Waals surface area contributed by atoms with Crippen molar-refractivity contribution in [3.8, 4) is 0 Å². The molecule has 1 fully saturated rings. The summed E-state index contributed by atoms with van der Waals surface area (Å²) < 4.78 is 4.79. The molecule has 0 bridgehead atoms. The fourth-order valence-electron chi connectivity index (χ4n) is 3.55. The third-order valence-electron chi connectivity index (χ3n) is 5.14. The zero-order chi connectivity index (χ0) is 22.5. The number of thiophene rings is 1. The first kappa shape index (κ1) is 23.2. The van der Waals surface area contributed by atoms with Gasteiger partial charge in [-0.2, -0.15) is 0 Å². The Kier molecular flexibility index (Phi) is 7.66. The van der Waals surface area contributed by atoms with Crippen molar-refractivity contribution in [1.82, 2.24) is 9.80 Å². The average Bonchev–Trinajstić information content (AvgIpc) is 3.05. The van der Waals surface area contributed by atoms with Crippen molar-refractivity contribution in [3.63, 3.8) is 0 Å². The molecule has 31 heavy (non-hydrogen) atoms. The van der Waals surface area contributed by atoms with Crippen molar-refractivity contribution < 1.29 is 19.1 Å². The summed E-state index contributed by atoms with van der Waals surface area (Å²) in [4.78, 5) is 41.0. The molecule has 0 atom stereocenters. The van der Waals surface area contributed by atoms with E-state index in [9.17, 15) is 14.4 Å². The van der Waals surface area contributed by atoms with Crippen molar-refractivity contribution >= 4 is 45.7 Å². The number of carbonyl (C=O) groups is 3. The van der Waals surface area contributed by atoms with Gasteiger partial charge in [-0.05, 0) is 30.2 Å². The van der Waals surface area contributed by atoms with Crippen LogP contribution in [0.3, 0.4) is 0 Å². The Hall–Kier alpha value is -2.46. The average molecular weight is 465 g/mol. The van der Waals surface area contributed by atoms with Crippen LogP contribution in [0, 0.1) is 6.92 Å². The number of rotatable bonds is 7. The van der Waals surface area contributed by atoms with Crippen LogP contribution in [0.25, 0.3) is 0 Å². The molecule has 3 rings (SSSR count). The lowest BCUT2D eigenvalue weighted by molar-refractivity contribution is -0.117. The van der Waals surface area contributed by atoms with Gasteiger partial charge in [0.1, 0.15) is 5.00 Å². The zero-order valence-electron chi connectivity index (χ0n) is 17.4. The predicted octanol–water partition coefficient (Wildman–Crippen LogP) is 2.35. The summed E-state index contributed by atoms with van der Waals surface area (Å²) in [6.45, 7) is 5.76. The summed E-state index contributed by atoms with van der Waals surface area (Å²) >= 11 is 7.04. The lowest BCUT2D eigenvalue weighted by Crippen LogP contribution is -2.48. The number of piperazine rings is 1. The molecule has 0 saturated carbocycles. The maximum absolute atomic E-state index is 12.6. The Morgan fingerprint density at radius 3 is 2.48 bits per heavy atom. The minimum atomic E-state index is -0.649. The van der Waals surface area contributed by atoms with Gasteiger partial charge in [-0.15, -0.1) is 11.3 Å². The molecule has 1 aromatic carbocycles. The number of hydrogen-bond donors (Lipinski definition) is 2. The lowest BCUT2D eigenvalue weighted by Gasteiger charge is -2.34. The Bertz CT molecular complexity index is 986. The largest absolute Gasteiger partial charge is 0.465 e. The highest BCUT2D eigenvalue weighted by Gasteiger charge is 2.26. The summed E-state index contributed by atoms with van der Waals surface area (Å²) in [5, 5.41) is 3.75. The van der Waals surface area contributed by atoms with Crippen LogP contribution in [-0.2, 0) is 16.1 Å². The number of methoxy groups -OCH3 is 1. The molecule has 1 saturated heterocycles. The fourth-order valence-corrected chi connectivity index (χ4v) is 4.83. The van der Waals surface area contributed by atoms with Gasteiger partial charge in [0.05, 0.1) is 24.1 Å². The minimum absolute atomic E-state index is 0.168. The van der Waals surface area contributed by atoms with Gasteiger partial charge < -0.3 is 15.8 Å². The molecule has 10 heteroatoms. The highest BCUT2D eigenvalue weighted by atomic mass is 35.5. The van der Waals surface area contributed by atoms with Crippen molar-refractivity contribution in [2.75, 3.05) is 45.2 Å². The number of carbonyl (C=O) groups excluding carboxylic acids is 3. The Balaban J connectivity index is 1.57. The molecule has 3 N–H and O–H groups in total. The van der Waals surface area contributed by atoms with Gasteiger partial charge in [-0.1, -0.05) is 23.7 Å². The summed E-state index contributed by atoms with van der Waals surface area (Å²) in [7, 11) is 1.25. The SMILES string of the molecule is COC(=O)c1c(NC(=O)CN2CCN(Cc3cccc(Cl)c3)CC2)sc(C(N)=O)c1C. The van der Waals surface area contributed by atoms with Crippen molar-refractivity contribution in [2.45, 2.75) is 13.5 Å². The van der Waals surface area contributed by atoms with E-state index in [-0.39, 0.29) is 27.9 Å². The van der Waals surface area contributed by atoms with Crippen LogP contribution in [0.15, 0.2) is 24.3 Å². The molecular weight excluding hydrogens is 440 g/mol. The number of nitrogens with zero attached hydrogens (tertiary/aromatic N) is 2. The van der Waals surface area contributed by atoms with Gasteiger partial charge in [-0.25, -0.2) is 4.79 Å². The van der Waals surface area contributed by atoms with Crippen molar-refractivity contribution in [3.05, 3.63) is 50.9 Å². The highest BCUT2D eigenvalue weighted by Crippen LogP contribution is 2.33. The van der Waals surface area contributed by atoms with Gasteiger partial charge >= 0.3 is 5.97 Å². The van der Waals surface area contributed by atoms with E-state index in [4.69, 9.17) is 22.1 Å². The molecule has 0 spiro atoms. The minimum Gasteiger partial charge on any atom is -0.465 e. The number of nitrogens with one attached hydrogen (secondary N) is 1. The topological polar surface area (TPSA) is 105 Å². The van der Waals surface area contributed by atoms with Crippen LogP contribution >= 0.6 is 22.9 Å². The number of nitrogens with two attached hydrogens (primary N) is 1. The number of amides is 2. The number of halogens is 1. The molecular formula is C21H25ClN4O4S. The van der Waals surface area contributed by atoms with E-state index in [1.54, 1.807) is 6.92 Å². The maximum atomic E-state index is 12.6. The molecule has 8 nitrogen and oxygen atoms in total. The van der Waals surface area contributed by atoms with Gasteiger partial charge in [0.25, 0.3) is 5.91 Å². The first-order chi connectivity index (χ1) is 14.8. The van der Waals surface area contributed by atoms with Gasteiger partial charge in [0, 0.05) is 37.7 Å². The van der Waals surface area contributed by atoms with Crippen LogP contribution in [0.5, 0.6) is 0 Å². The monoisotopic (exact) mass is 464 g/mol. The molecule has 2 aromatic rings. The zero-order valence-corrected chi connectivity index (χ0v) is 19.0. The molecule has 166 valence electrons. The summed E-state index contributed by atoms with van der Waals surface area (Å²) in [6, 6.07) is 7.81. The quantitative estimate of drug-likeness (QED) is 0.609. The third kappa shape index (κ3) is 5.82. The Morgan fingerprint density at radius 2 is 1.87 bits per heavy atom. The molecule has 2 amide bonds. The first-order valence-corrected chi connectivity index (χ1v) is 11.0. The summed E-state index contributed by atoms with van der Waals surface area (Å²) in [5.74, 6) is -1.53. The summed E-state index contributed by atoms with van der Waals surface area (Å²) in [5.41, 5.74) is 7.12. The second kappa shape index (κ2) is 10.2. The van der Waals surface area contributed by atoms with Crippen molar-refractivity contribution in [1.29, 1.82) is 0 Å². The highest BCUT2D eigenvalue weighted by molar-refractivity contribution is 7.18. The molecule has 2 heterocycles. The van der Waals surface area contributed by atoms with Crippen LogP contribution in [0.4, 0.5) is 5.00 Å². The number of hydrogen-bond acceptors (Lipinski definition) is 7. The smallest absolute Gasteiger partial charge is 0.341 e. The third-order valence-corrected chi connectivity index (χ3v) is 6.60. The number of primary amides is 1. The predicted molar refractivity (Wildman–Crippen MR) is 121 cm³/mol. The van der Waals surface area contributed by atoms with Gasteiger partial charge in [0.15, 0.2) is 0 Å². The second-order valence-corrected chi connectivity index (χ2v) is 8.80. The van der Waals surface area contributed by atoms with Crippen LogP contribution in [-0.4, -0.2) is 67.4 Å². The maximum Gasteiger partial charge on any atom is 0.341 e. The molecule has 0 unspecified atom stereocenters. The standard InChI is InChI=1S/C21H25ClN4O4S/c1-13-17(21(29)30-2)20(31-18(13)19(23)28)24-16(27)12-26-8-6-25(7-9-26)11-14-4-3-5-15(22)10-14/h3-5,10H,6-9,11-12H2,1-2H3,(H2,23,28)(H,24,27). The second-order valence-electron chi connectivity index (χ2n) is 7.35. The molecule has 1 aliphatic heterocycles. The number of esters is 1. The molecule has 1 aromatic heterocycles. The van der Waals surface area contributed by atoms with E-state index in [1.165, 1.54) is 7.11 Å². The van der Waals surface area contributed by atoms with E-state index in [1.807, 2.05) is 24.3 Å². The van der Waals surface area contributed by atoms with Gasteiger partial charge in [0.2, 0.25) is 5.91 Å². The van der Waals surface area contributed by atoms with Gasteiger partial charge in [-0.3, -0.25) is 19.4 Å². The number of anilines is 1. The first-order valence-electron chi connectivity index (χ1n) is 9.79. The normalized spacial score (nSPS) is 14.9. The summed E-state index contributed by atoms with van der Waals surface area (Å²) in [6.07, 6.45) is 0. The number of benzene rings is 1. The Morgan fingerprint density at radius 1 is 1.19 bits per heavy atom. The molecule has 1 aliphatic rings. The van der Waals surface area contributed by atoms with E-state index in [0.717, 1.165) is 54.6 Å². The van der Waals surface area contributed by atoms with Crippen LogP contribution in [0.2, 0.25) is 5.02 Å². The fraction of sp³-hybridized carbons (Fsp3) is 0.381. The number of ether oxygens (including phenoxy) is 1. The van der Waals surface area contributed by atoms with E-state index in [0.29, 0.717) is 5.56 Å². The van der Waals surface area contributed by atoms with E-state index >= 15 is 0 Å². The van der Waals surface area contributed by atoms with Crippen molar-refractivity contribution in [2.24, 2.45) is 5.73 Å². The molecule has 0 aliphatic carbocycles. The van der Waals surface area contributed by atoms with Crippen LogP contribution < -0.4 is 11.1 Å². The Labute approximate surface area is 189 Å². The molecule has 0 radical (unpaired) electrons. The lowest BCUT2D eigenvalue weighted by atomic mass is 10.1. The van der Waals surface area contributed by atoms with E-state index < -0.39 is 11.9 Å². The van der Waals surface area contributed by atoms with Crippen LogP contribution in [0.1, 0.15) is 31.2 Å².